The molecule has 7 nitrogen and oxygen atoms in total. The van der Waals surface area contributed by atoms with Gasteiger partial charge in [0.1, 0.15) is 0 Å². The van der Waals surface area contributed by atoms with E-state index < -0.39 is 23.5 Å². The van der Waals surface area contributed by atoms with E-state index in [2.05, 4.69) is 0 Å². The van der Waals surface area contributed by atoms with Gasteiger partial charge in [-0.25, -0.2) is 0 Å². The highest BCUT2D eigenvalue weighted by atomic mass is 16.2. The molecule has 2 aliphatic heterocycles. The van der Waals surface area contributed by atoms with Gasteiger partial charge in [0.15, 0.2) is 5.78 Å². The molecule has 0 saturated heterocycles. The molecule has 0 saturated carbocycles. The first-order chi connectivity index (χ1) is 13.2. The summed E-state index contributed by atoms with van der Waals surface area (Å²) >= 11 is 0. The van der Waals surface area contributed by atoms with Gasteiger partial charge in [-0.05, 0) is 38.1 Å². The summed E-state index contributed by atoms with van der Waals surface area (Å²) in [6.07, 6.45) is 0. The molecule has 28 heavy (non-hydrogen) atoms. The van der Waals surface area contributed by atoms with Crippen LogP contribution in [0, 0.1) is 0 Å². The largest absolute Gasteiger partial charge is 0.289 e. The van der Waals surface area contributed by atoms with E-state index in [9.17, 15) is 24.0 Å². The highest BCUT2D eigenvalue weighted by Crippen LogP contribution is 2.28. The summed E-state index contributed by atoms with van der Waals surface area (Å²) in [7, 11) is 1.38. The lowest BCUT2D eigenvalue weighted by Gasteiger charge is -2.17. The smallest absolute Gasteiger partial charge is 0.261 e. The molecule has 0 N–H and O–H groups in total. The summed E-state index contributed by atoms with van der Waals surface area (Å²) < 4.78 is 0. The van der Waals surface area contributed by atoms with Gasteiger partial charge in [0.2, 0.25) is 0 Å². The first-order valence-corrected chi connectivity index (χ1v) is 8.75. The zero-order valence-corrected chi connectivity index (χ0v) is 15.5. The molecule has 4 rings (SSSR count). The van der Waals surface area contributed by atoms with E-state index in [4.69, 9.17) is 0 Å². The summed E-state index contributed by atoms with van der Waals surface area (Å²) in [5.74, 6) is -2.07. The van der Waals surface area contributed by atoms with Crippen molar-refractivity contribution in [2.24, 2.45) is 0 Å². The molecule has 140 valence electrons. The predicted octanol–water partition coefficient (Wildman–Crippen LogP) is 2.15. The van der Waals surface area contributed by atoms with Gasteiger partial charge in [0, 0.05) is 24.2 Å². The first-order valence-electron chi connectivity index (χ1n) is 8.75. The minimum Gasteiger partial charge on any atom is -0.289 e. The normalized spacial score (nSPS) is 15.6. The van der Waals surface area contributed by atoms with Crippen molar-refractivity contribution < 1.29 is 24.0 Å². The van der Waals surface area contributed by atoms with Crippen molar-refractivity contribution >= 4 is 29.4 Å². The molecule has 2 aromatic rings. The zero-order chi connectivity index (χ0) is 20.3. The second-order valence-electron chi connectivity index (χ2n) is 7.09. The molecule has 2 heterocycles. The number of carbonyl (C=O) groups excluding carboxylic acids is 5. The summed E-state index contributed by atoms with van der Waals surface area (Å²) in [5.41, 5.74) is 1.36. The molecule has 0 fully saturated rings. The monoisotopic (exact) mass is 376 g/mol. The second kappa shape index (κ2) is 5.95. The quantitative estimate of drug-likeness (QED) is 0.605. The van der Waals surface area contributed by atoms with Crippen LogP contribution in [0.25, 0.3) is 0 Å². The molecular weight excluding hydrogens is 360 g/mol. The van der Waals surface area contributed by atoms with E-state index in [0.717, 1.165) is 9.80 Å². The average Bonchev–Trinajstić information content (AvgIpc) is 3.06. The lowest BCUT2D eigenvalue weighted by atomic mass is 9.96. The van der Waals surface area contributed by atoms with E-state index in [1.54, 1.807) is 13.8 Å². The van der Waals surface area contributed by atoms with Crippen LogP contribution in [0.2, 0.25) is 0 Å². The minimum absolute atomic E-state index is 0.178. The minimum atomic E-state index is -0.461. The summed E-state index contributed by atoms with van der Waals surface area (Å²) in [6, 6.07) is 8.41. The predicted molar refractivity (Wildman–Crippen MR) is 98.4 cm³/mol. The Hall–Kier alpha value is -3.61. The van der Waals surface area contributed by atoms with Crippen molar-refractivity contribution in [3.05, 3.63) is 69.8 Å². The van der Waals surface area contributed by atoms with Crippen molar-refractivity contribution in [1.82, 2.24) is 9.80 Å². The first kappa shape index (κ1) is 17.8. The molecule has 0 unspecified atom stereocenters. The van der Waals surface area contributed by atoms with Gasteiger partial charge in [-0.2, -0.15) is 0 Å². The third-order valence-corrected chi connectivity index (χ3v) is 5.05. The van der Waals surface area contributed by atoms with Gasteiger partial charge in [0.05, 0.1) is 22.3 Å². The Balaban J connectivity index is 1.72. The van der Waals surface area contributed by atoms with Crippen LogP contribution in [0.1, 0.15) is 71.2 Å². The van der Waals surface area contributed by atoms with E-state index in [-0.39, 0.29) is 45.3 Å². The Bertz CT molecular complexity index is 1120. The van der Waals surface area contributed by atoms with Gasteiger partial charge in [0.25, 0.3) is 23.6 Å². The Morgan fingerprint density at radius 1 is 0.714 bits per heavy atom. The highest BCUT2D eigenvalue weighted by Gasteiger charge is 2.38. The topological polar surface area (TPSA) is 91.8 Å². The van der Waals surface area contributed by atoms with Crippen molar-refractivity contribution in [1.29, 1.82) is 0 Å². The molecule has 0 atom stereocenters. The number of rotatable bonds is 3. The van der Waals surface area contributed by atoms with Crippen LogP contribution in [-0.2, 0) is 0 Å². The van der Waals surface area contributed by atoms with Crippen LogP contribution in [0.15, 0.2) is 36.4 Å². The number of fused-ring (bicyclic) bond motifs is 2. The number of amides is 4. The maximum Gasteiger partial charge on any atom is 0.261 e. The van der Waals surface area contributed by atoms with E-state index >= 15 is 0 Å². The molecule has 0 aliphatic carbocycles. The highest BCUT2D eigenvalue weighted by molar-refractivity contribution is 6.24. The Morgan fingerprint density at radius 2 is 1.14 bits per heavy atom. The number of carbonyl (C=O) groups is 5. The lowest BCUT2D eigenvalue weighted by molar-refractivity contribution is 0.0606. The molecular formula is C21H16N2O5. The fourth-order valence-corrected chi connectivity index (χ4v) is 3.54. The van der Waals surface area contributed by atoms with Gasteiger partial charge < -0.3 is 0 Å². The van der Waals surface area contributed by atoms with Gasteiger partial charge in [-0.1, -0.05) is 12.1 Å². The Kier molecular flexibility index (Phi) is 3.78. The van der Waals surface area contributed by atoms with Crippen molar-refractivity contribution in [3.63, 3.8) is 0 Å². The molecule has 2 aliphatic rings. The summed E-state index contributed by atoms with van der Waals surface area (Å²) in [6.45, 7) is 3.49. The molecule has 2 aromatic carbocycles. The van der Waals surface area contributed by atoms with Crippen LogP contribution in [0.3, 0.4) is 0 Å². The lowest BCUT2D eigenvalue weighted by Crippen LogP contribution is -2.35. The number of imide groups is 2. The van der Waals surface area contributed by atoms with Crippen LogP contribution in [0.5, 0.6) is 0 Å². The number of nitrogens with zero attached hydrogens (tertiary/aromatic N) is 2. The molecule has 0 bridgehead atoms. The van der Waals surface area contributed by atoms with Crippen molar-refractivity contribution in [3.8, 4) is 0 Å². The zero-order valence-electron chi connectivity index (χ0n) is 15.5. The average molecular weight is 376 g/mol. The van der Waals surface area contributed by atoms with Crippen LogP contribution in [0.4, 0.5) is 0 Å². The molecule has 0 spiro atoms. The summed E-state index contributed by atoms with van der Waals surface area (Å²) in [4.78, 5) is 64.1. The molecule has 4 amide bonds. The molecule has 0 radical (unpaired) electrons. The number of ketones is 1. The van der Waals surface area contributed by atoms with E-state index in [1.807, 2.05) is 0 Å². The van der Waals surface area contributed by atoms with Crippen molar-refractivity contribution in [2.45, 2.75) is 19.9 Å². The van der Waals surface area contributed by atoms with Gasteiger partial charge >= 0.3 is 0 Å². The maximum atomic E-state index is 12.9. The standard InChI is InChI=1S/C21H16N2O5/c1-10(2)23-20(27)14-7-5-12(9-16(14)21(23)28)17(24)11-4-6-13-15(8-11)19(26)22(3)18(13)25/h4-10H,1-3H3. The Labute approximate surface area is 160 Å². The van der Waals surface area contributed by atoms with Crippen molar-refractivity contribution in [2.75, 3.05) is 7.05 Å². The summed E-state index contributed by atoms with van der Waals surface area (Å²) in [5, 5.41) is 0. The fourth-order valence-electron chi connectivity index (χ4n) is 3.54. The number of benzene rings is 2. The van der Waals surface area contributed by atoms with Crippen LogP contribution in [-0.4, -0.2) is 52.3 Å². The fraction of sp³-hybridized carbons (Fsp3) is 0.190. The number of hydrogen-bond acceptors (Lipinski definition) is 5. The van der Waals surface area contributed by atoms with Gasteiger partial charge in [-0.3, -0.25) is 33.8 Å². The Morgan fingerprint density at radius 3 is 1.68 bits per heavy atom. The van der Waals surface area contributed by atoms with Crippen LogP contribution < -0.4 is 0 Å². The van der Waals surface area contributed by atoms with E-state index in [0.29, 0.717) is 0 Å². The SMILES string of the molecule is CC(C)N1C(=O)c2ccc(C(=O)c3ccc4c(c3)C(=O)N(C)C4=O)cc2C1=O. The molecule has 7 heteroatoms. The molecule has 0 aromatic heterocycles. The maximum absolute atomic E-state index is 12.9. The van der Waals surface area contributed by atoms with Crippen LogP contribution >= 0.6 is 0 Å². The van der Waals surface area contributed by atoms with E-state index in [1.165, 1.54) is 43.4 Å². The van der Waals surface area contributed by atoms with Gasteiger partial charge in [-0.15, -0.1) is 0 Å². The third-order valence-electron chi connectivity index (χ3n) is 5.05. The second-order valence-corrected chi connectivity index (χ2v) is 7.09. The number of hydrogen-bond donors (Lipinski definition) is 0. The third kappa shape index (κ3) is 2.32.